The van der Waals surface area contributed by atoms with Crippen LogP contribution in [0.3, 0.4) is 0 Å². The zero-order chi connectivity index (χ0) is 15.0. The molecule has 0 radical (unpaired) electrons. The summed E-state index contributed by atoms with van der Waals surface area (Å²) in [6.07, 6.45) is 2.46. The Bertz CT molecular complexity index is 403. The first kappa shape index (κ1) is 16.7. The molecule has 1 rings (SSSR count). The summed E-state index contributed by atoms with van der Waals surface area (Å²) in [6, 6.07) is 7.80. The van der Waals surface area contributed by atoms with Gasteiger partial charge in [0, 0.05) is 13.7 Å². The van der Waals surface area contributed by atoms with Crippen LogP contribution in [-0.2, 0) is 16.0 Å². The summed E-state index contributed by atoms with van der Waals surface area (Å²) in [6.45, 7) is 4.73. The molecule has 0 aromatic heterocycles. The molecule has 20 heavy (non-hydrogen) atoms. The van der Waals surface area contributed by atoms with E-state index in [1.165, 1.54) is 5.56 Å². The van der Waals surface area contributed by atoms with Gasteiger partial charge >= 0.3 is 0 Å². The zero-order valence-corrected chi connectivity index (χ0v) is 12.7. The maximum atomic E-state index is 12.0. The molecule has 4 heteroatoms. The maximum absolute atomic E-state index is 12.0. The van der Waals surface area contributed by atoms with E-state index in [0.29, 0.717) is 13.0 Å². The van der Waals surface area contributed by atoms with E-state index in [1.54, 1.807) is 7.11 Å². The van der Waals surface area contributed by atoms with Gasteiger partial charge in [0.1, 0.15) is 0 Å². The number of nitrogens with two attached hydrogens (primary N) is 1. The number of ether oxygens (including phenoxy) is 1. The summed E-state index contributed by atoms with van der Waals surface area (Å²) in [4.78, 5) is 12.0. The topological polar surface area (TPSA) is 64.4 Å². The van der Waals surface area contributed by atoms with Crippen LogP contribution in [0.1, 0.15) is 43.9 Å². The second kappa shape index (κ2) is 8.72. The highest BCUT2D eigenvalue weighted by Crippen LogP contribution is 2.14. The first-order valence-corrected chi connectivity index (χ1v) is 7.22. The van der Waals surface area contributed by atoms with Crippen LogP contribution in [-0.4, -0.2) is 25.7 Å². The van der Waals surface area contributed by atoms with Gasteiger partial charge in [0.25, 0.3) is 0 Å². The third-order valence-electron chi connectivity index (χ3n) is 3.45. The van der Waals surface area contributed by atoms with E-state index in [4.69, 9.17) is 10.5 Å². The highest BCUT2D eigenvalue weighted by molar-refractivity contribution is 5.81. The van der Waals surface area contributed by atoms with Crippen molar-refractivity contribution in [2.75, 3.05) is 13.7 Å². The van der Waals surface area contributed by atoms with E-state index >= 15 is 0 Å². The van der Waals surface area contributed by atoms with Crippen LogP contribution >= 0.6 is 0 Å². The summed E-state index contributed by atoms with van der Waals surface area (Å²) in [7, 11) is 1.65. The van der Waals surface area contributed by atoms with Crippen molar-refractivity contribution in [1.29, 1.82) is 0 Å². The number of hydrogen-bond donors (Lipinski definition) is 2. The van der Waals surface area contributed by atoms with E-state index in [1.807, 2.05) is 6.92 Å². The van der Waals surface area contributed by atoms with Crippen molar-refractivity contribution in [2.24, 2.45) is 5.73 Å². The second-order valence-corrected chi connectivity index (χ2v) is 5.07. The molecule has 1 amide bonds. The minimum atomic E-state index is -0.470. The second-order valence-electron chi connectivity index (χ2n) is 5.07. The molecule has 0 fully saturated rings. The Labute approximate surface area is 121 Å². The summed E-state index contributed by atoms with van der Waals surface area (Å²) < 4.78 is 4.96. The van der Waals surface area contributed by atoms with E-state index < -0.39 is 6.04 Å². The molecule has 0 aliphatic rings. The van der Waals surface area contributed by atoms with Gasteiger partial charge in [-0.3, -0.25) is 4.79 Å². The van der Waals surface area contributed by atoms with Gasteiger partial charge in [0.05, 0.1) is 12.1 Å². The number of hydrogen-bond acceptors (Lipinski definition) is 3. The highest BCUT2D eigenvalue weighted by Gasteiger charge is 2.16. The van der Waals surface area contributed by atoms with E-state index in [-0.39, 0.29) is 11.9 Å². The Morgan fingerprint density at radius 3 is 2.55 bits per heavy atom. The monoisotopic (exact) mass is 278 g/mol. The van der Waals surface area contributed by atoms with Gasteiger partial charge in [-0.15, -0.1) is 0 Å². The molecule has 1 aromatic carbocycles. The number of rotatable bonds is 8. The minimum absolute atomic E-state index is 0.0260. The lowest BCUT2D eigenvalue weighted by Crippen LogP contribution is -2.41. The fourth-order valence-corrected chi connectivity index (χ4v) is 2.02. The molecule has 0 aliphatic carbocycles. The fourth-order valence-electron chi connectivity index (χ4n) is 2.02. The molecular weight excluding hydrogens is 252 g/mol. The number of aryl methyl sites for hydroxylation is 1. The zero-order valence-electron chi connectivity index (χ0n) is 12.7. The predicted molar refractivity (Wildman–Crippen MR) is 81.5 cm³/mol. The van der Waals surface area contributed by atoms with Crippen molar-refractivity contribution in [1.82, 2.24) is 5.32 Å². The molecule has 112 valence electrons. The Balaban J connectivity index is 2.47. The molecule has 0 saturated heterocycles. The number of carbonyl (C=O) groups excluding carboxylic acids is 1. The van der Waals surface area contributed by atoms with Crippen LogP contribution in [0.25, 0.3) is 0 Å². The quantitative estimate of drug-likeness (QED) is 0.716. The molecule has 2 unspecified atom stereocenters. The van der Waals surface area contributed by atoms with E-state index in [9.17, 15) is 4.79 Å². The van der Waals surface area contributed by atoms with Gasteiger partial charge in [-0.1, -0.05) is 31.2 Å². The summed E-state index contributed by atoms with van der Waals surface area (Å²) >= 11 is 0. The lowest BCUT2D eigenvalue weighted by molar-refractivity contribution is -0.123. The Morgan fingerprint density at radius 1 is 1.35 bits per heavy atom. The summed E-state index contributed by atoms with van der Waals surface area (Å²) in [5.41, 5.74) is 8.25. The molecule has 0 spiro atoms. The smallest absolute Gasteiger partial charge is 0.237 e. The molecule has 0 bridgehead atoms. The summed E-state index contributed by atoms with van der Waals surface area (Å²) in [5, 5.41) is 2.96. The molecule has 2 atom stereocenters. The standard InChI is InChI=1S/C16H26N2O2/c1-4-13-7-9-14(10-8-13)12(2)18-16(19)15(17)6-5-11-20-3/h7-10,12,15H,4-6,11,17H2,1-3H3,(H,18,19). The molecule has 1 aromatic rings. The fraction of sp³-hybridized carbons (Fsp3) is 0.562. The predicted octanol–water partition coefficient (Wildman–Crippen LogP) is 2.18. The average Bonchev–Trinajstić information content (AvgIpc) is 2.47. The maximum Gasteiger partial charge on any atom is 0.237 e. The Hall–Kier alpha value is -1.39. The van der Waals surface area contributed by atoms with Crippen molar-refractivity contribution < 1.29 is 9.53 Å². The van der Waals surface area contributed by atoms with Crippen LogP contribution in [0.4, 0.5) is 0 Å². The molecule has 0 saturated carbocycles. The van der Waals surface area contributed by atoms with Gasteiger partial charge in [-0.25, -0.2) is 0 Å². The van der Waals surface area contributed by atoms with Crippen molar-refractivity contribution >= 4 is 5.91 Å². The number of carbonyl (C=O) groups is 1. The molecule has 3 N–H and O–H groups in total. The van der Waals surface area contributed by atoms with E-state index in [0.717, 1.165) is 18.4 Å². The molecule has 0 heterocycles. The van der Waals surface area contributed by atoms with Crippen LogP contribution in [0, 0.1) is 0 Å². The Kier molecular flexibility index (Phi) is 7.26. The van der Waals surface area contributed by atoms with Crippen LogP contribution in [0.2, 0.25) is 0 Å². The largest absolute Gasteiger partial charge is 0.385 e. The SMILES string of the molecule is CCc1ccc(C(C)NC(=O)C(N)CCCOC)cc1. The van der Waals surface area contributed by atoms with E-state index in [2.05, 4.69) is 36.5 Å². The normalized spacial score (nSPS) is 13.8. The number of methoxy groups -OCH3 is 1. The average molecular weight is 278 g/mol. The van der Waals surface area contributed by atoms with Crippen molar-refractivity contribution in [2.45, 2.75) is 45.2 Å². The van der Waals surface area contributed by atoms with Crippen LogP contribution in [0.15, 0.2) is 24.3 Å². The van der Waals surface area contributed by atoms with Gasteiger partial charge < -0.3 is 15.8 Å². The first-order chi connectivity index (χ1) is 9.58. The lowest BCUT2D eigenvalue weighted by atomic mass is 10.0. The first-order valence-electron chi connectivity index (χ1n) is 7.22. The number of nitrogens with one attached hydrogen (secondary N) is 1. The van der Waals surface area contributed by atoms with Crippen molar-refractivity contribution in [3.63, 3.8) is 0 Å². The molecule has 4 nitrogen and oxygen atoms in total. The lowest BCUT2D eigenvalue weighted by Gasteiger charge is -2.18. The van der Waals surface area contributed by atoms with Crippen molar-refractivity contribution in [3.05, 3.63) is 35.4 Å². The summed E-state index contributed by atoms with van der Waals surface area (Å²) in [5.74, 6) is -0.104. The van der Waals surface area contributed by atoms with Crippen LogP contribution in [0.5, 0.6) is 0 Å². The van der Waals surface area contributed by atoms with Gasteiger partial charge in [-0.2, -0.15) is 0 Å². The highest BCUT2D eigenvalue weighted by atomic mass is 16.5. The minimum Gasteiger partial charge on any atom is -0.385 e. The number of amides is 1. The van der Waals surface area contributed by atoms with Gasteiger partial charge in [0.2, 0.25) is 5.91 Å². The van der Waals surface area contributed by atoms with Gasteiger partial charge in [0.15, 0.2) is 0 Å². The van der Waals surface area contributed by atoms with Crippen LogP contribution < -0.4 is 11.1 Å². The van der Waals surface area contributed by atoms with Gasteiger partial charge in [-0.05, 0) is 37.3 Å². The molecule has 0 aliphatic heterocycles. The number of benzene rings is 1. The van der Waals surface area contributed by atoms with Crippen molar-refractivity contribution in [3.8, 4) is 0 Å². The Morgan fingerprint density at radius 2 is 2.00 bits per heavy atom. The third kappa shape index (κ3) is 5.31. The molecular formula is C16H26N2O2. The third-order valence-corrected chi connectivity index (χ3v) is 3.45.